The molecule has 1 N–H and O–H groups in total. The van der Waals surface area contributed by atoms with Gasteiger partial charge in [-0.2, -0.15) is 0 Å². The topological polar surface area (TPSA) is 45.6 Å². The SMILES string of the molecule is COCCN(CCO)c1ccccn1. The Balaban J connectivity index is 2.58. The Morgan fingerprint density at radius 1 is 1.43 bits per heavy atom. The quantitative estimate of drug-likeness (QED) is 0.720. The van der Waals surface area contributed by atoms with Gasteiger partial charge >= 0.3 is 0 Å². The number of methoxy groups -OCH3 is 1. The van der Waals surface area contributed by atoms with Crippen molar-refractivity contribution in [1.29, 1.82) is 0 Å². The molecule has 4 heteroatoms. The summed E-state index contributed by atoms with van der Waals surface area (Å²) in [5, 5.41) is 8.89. The van der Waals surface area contributed by atoms with Crippen LogP contribution < -0.4 is 4.90 Å². The maximum atomic E-state index is 8.89. The molecule has 1 rings (SSSR count). The Kier molecular flexibility index (Phi) is 4.96. The average molecular weight is 196 g/mol. The maximum Gasteiger partial charge on any atom is 0.128 e. The highest BCUT2D eigenvalue weighted by Gasteiger charge is 2.05. The molecule has 0 amide bonds. The van der Waals surface area contributed by atoms with Crippen molar-refractivity contribution in [2.45, 2.75) is 0 Å². The van der Waals surface area contributed by atoms with Crippen molar-refractivity contribution in [3.8, 4) is 0 Å². The standard InChI is InChI=1S/C10H16N2O2/c1-14-9-7-12(6-8-13)10-4-2-3-5-11-10/h2-5,13H,6-9H2,1H3. The third-order valence-electron chi connectivity index (χ3n) is 1.91. The monoisotopic (exact) mass is 196 g/mol. The lowest BCUT2D eigenvalue weighted by molar-refractivity contribution is 0.202. The second-order valence-corrected chi connectivity index (χ2v) is 2.89. The molecular formula is C10H16N2O2. The van der Waals surface area contributed by atoms with Crippen LogP contribution in [0.3, 0.4) is 0 Å². The van der Waals surface area contributed by atoms with Gasteiger partial charge in [0.25, 0.3) is 0 Å². The highest BCUT2D eigenvalue weighted by Crippen LogP contribution is 2.07. The van der Waals surface area contributed by atoms with Gasteiger partial charge in [0, 0.05) is 26.4 Å². The summed E-state index contributed by atoms with van der Waals surface area (Å²) >= 11 is 0. The number of anilines is 1. The fourth-order valence-corrected chi connectivity index (χ4v) is 1.20. The lowest BCUT2D eigenvalue weighted by Crippen LogP contribution is -2.30. The third kappa shape index (κ3) is 3.32. The van der Waals surface area contributed by atoms with E-state index in [1.54, 1.807) is 13.3 Å². The molecule has 1 aromatic heterocycles. The van der Waals surface area contributed by atoms with E-state index in [1.807, 2.05) is 23.1 Å². The molecule has 0 aliphatic rings. The predicted octanol–water partition coefficient (Wildman–Crippen LogP) is 0.527. The Morgan fingerprint density at radius 3 is 2.86 bits per heavy atom. The average Bonchev–Trinajstić information content (AvgIpc) is 2.25. The van der Waals surface area contributed by atoms with Crippen LogP contribution >= 0.6 is 0 Å². The minimum absolute atomic E-state index is 0.125. The molecule has 78 valence electrons. The van der Waals surface area contributed by atoms with Crippen molar-refractivity contribution in [2.75, 3.05) is 38.3 Å². The van der Waals surface area contributed by atoms with Crippen LogP contribution in [0.1, 0.15) is 0 Å². The minimum Gasteiger partial charge on any atom is -0.395 e. The third-order valence-corrected chi connectivity index (χ3v) is 1.91. The van der Waals surface area contributed by atoms with Crippen LogP contribution in [0.5, 0.6) is 0 Å². The zero-order chi connectivity index (χ0) is 10.2. The molecule has 0 aromatic carbocycles. The van der Waals surface area contributed by atoms with Gasteiger partial charge in [-0.05, 0) is 12.1 Å². The minimum atomic E-state index is 0.125. The van der Waals surface area contributed by atoms with Crippen LogP contribution in [0.4, 0.5) is 5.82 Å². The molecule has 0 saturated carbocycles. The van der Waals surface area contributed by atoms with E-state index in [0.717, 1.165) is 12.4 Å². The fraction of sp³-hybridized carbons (Fsp3) is 0.500. The van der Waals surface area contributed by atoms with Crippen LogP contribution in [-0.2, 0) is 4.74 Å². The van der Waals surface area contributed by atoms with Crippen molar-refractivity contribution < 1.29 is 9.84 Å². The van der Waals surface area contributed by atoms with E-state index in [2.05, 4.69) is 4.98 Å². The first-order valence-electron chi connectivity index (χ1n) is 4.64. The van der Waals surface area contributed by atoms with E-state index in [4.69, 9.17) is 9.84 Å². The predicted molar refractivity (Wildman–Crippen MR) is 55.4 cm³/mol. The lowest BCUT2D eigenvalue weighted by atomic mass is 10.4. The largest absolute Gasteiger partial charge is 0.395 e. The van der Waals surface area contributed by atoms with Gasteiger partial charge in [-0.15, -0.1) is 0 Å². The lowest BCUT2D eigenvalue weighted by Gasteiger charge is -2.21. The Hall–Kier alpha value is -1.13. The van der Waals surface area contributed by atoms with Crippen LogP contribution in [0, 0.1) is 0 Å². The van der Waals surface area contributed by atoms with Gasteiger partial charge in [0.1, 0.15) is 5.82 Å². The Bertz CT molecular complexity index is 241. The summed E-state index contributed by atoms with van der Waals surface area (Å²) in [6.07, 6.45) is 1.74. The Labute approximate surface area is 84.1 Å². The fourth-order valence-electron chi connectivity index (χ4n) is 1.20. The molecule has 0 fully saturated rings. The molecular weight excluding hydrogens is 180 g/mol. The van der Waals surface area contributed by atoms with E-state index in [1.165, 1.54) is 0 Å². The van der Waals surface area contributed by atoms with E-state index in [0.29, 0.717) is 13.2 Å². The van der Waals surface area contributed by atoms with Gasteiger partial charge in [-0.3, -0.25) is 0 Å². The van der Waals surface area contributed by atoms with E-state index in [9.17, 15) is 0 Å². The summed E-state index contributed by atoms with van der Waals surface area (Å²) in [4.78, 5) is 6.20. The van der Waals surface area contributed by atoms with E-state index in [-0.39, 0.29) is 6.61 Å². The van der Waals surface area contributed by atoms with E-state index >= 15 is 0 Å². The number of hydrogen-bond donors (Lipinski definition) is 1. The molecule has 1 aromatic rings. The first-order chi connectivity index (χ1) is 6.88. The van der Waals surface area contributed by atoms with Crippen LogP contribution in [0.15, 0.2) is 24.4 Å². The normalized spacial score (nSPS) is 10.1. The smallest absolute Gasteiger partial charge is 0.128 e. The summed E-state index contributed by atoms with van der Waals surface area (Å²) in [6.45, 7) is 2.09. The summed E-state index contributed by atoms with van der Waals surface area (Å²) in [6, 6.07) is 5.72. The van der Waals surface area contributed by atoms with Crippen LogP contribution in [-0.4, -0.2) is 43.5 Å². The van der Waals surface area contributed by atoms with Gasteiger partial charge in [0.05, 0.1) is 13.2 Å². The molecule has 1 heterocycles. The number of aliphatic hydroxyl groups is 1. The van der Waals surface area contributed by atoms with Gasteiger partial charge in [-0.1, -0.05) is 6.07 Å². The highest BCUT2D eigenvalue weighted by molar-refractivity contribution is 5.37. The molecule has 4 nitrogen and oxygen atoms in total. The zero-order valence-electron chi connectivity index (χ0n) is 8.39. The van der Waals surface area contributed by atoms with Crippen molar-refractivity contribution in [3.63, 3.8) is 0 Å². The number of aromatic nitrogens is 1. The number of pyridine rings is 1. The highest BCUT2D eigenvalue weighted by atomic mass is 16.5. The summed E-state index contributed by atoms with van der Waals surface area (Å²) in [5.74, 6) is 0.874. The molecule has 14 heavy (non-hydrogen) atoms. The van der Waals surface area contributed by atoms with Gasteiger partial charge in [0.2, 0.25) is 0 Å². The molecule has 0 unspecified atom stereocenters. The van der Waals surface area contributed by atoms with Crippen molar-refractivity contribution >= 4 is 5.82 Å². The van der Waals surface area contributed by atoms with Crippen molar-refractivity contribution in [1.82, 2.24) is 4.98 Å². The van der Waals surface area contributed by atoms with Gasteiger partial charge in [0.15, 0.2) is 0 Å². The molecule has 0 atom stereocenters. The van der Waals surface area contributed by atoms with Gasteiger partial charge in [-0.25, -0.2) is 4.98 Å². The van der Waals surface area contributed by atoms with Crippen molar-refractivity contribution in [3.05, 3.63) is 24.4 Å². The molecule has 0 aliphatic heterocycles. The first-order valence-corrected chi connectivity index (χ1v) is 4.64. The number of hydrogen-bond acceptors (Lipinski definition) is 4. The second-order valence-electron chi connectivity index (χ2n) is 2.89. The zero-order valence-corrected chi connectivity index (χ0v) is 8.39. The molecule has 0 radical (unpaired) electrons. The second kappa shape index (κ2) is 6.34. The summed E-state index contributed by atoms with van der Waals surface area (Å²) in [7, 11) is 1.66. The molecule has 0 bridgehead atoms. The van der Waals surface area contributed by atoms with Crippen molar-refractivity contribution in [2.24, 2.45) is 0 Å². The van der Waals surface area contributed by atoms with Gasteiger partial charge < -0.3 is 14.7 Å². The maximum absolute atomic E-state index is 8.89. The van der Waals surface area contributed by atoms with Crippen LogP contribution in [0.25, 0.3) is 0 Å². The molecule has 0 saturated heterocycles. The number of ether oxygens (including phenoxy) is 1. The van der Waals surface area contributed by atoms with Crippen LogP contribution in [0.2, 0.25) is 0 Å². The number of aliphatic hydroxyl groups excluding tert-OH is 1. The molecule has 0 spiro atoms. The molecule has 0 aliphatic carbocycles. The first kappa shape index (κ1) is 10.9. The summed E-state index contributed by atoms with van der Waals surface area (Å²) < 4.78 is 4.99. The number of rotatable bonds is 6. The summed E-state index contributed by atoms with van der Waals surface area (Å²) in [5.41, 5.74) is 0. The van der Waals surface area contributed by atoms with E-state index < -0.39 is 0 Å². The number of nitrogens with zero attached hydrogens (tertiary/aromatic N) is 2. The Morgan fingerprint density at radius 2 is 2.29 bits per heavy atom.